The van der Waals surface area contributed by atoms with Gasteiger partial charge in [0.2, 0.25) is 0 Å². The highest BCUT2D eigenvalue weighted by Gasteiger charge is 2.05. The molecule has 5 heteroatoms. The van der Waals surface area contributed by atoms with Crippen molar-refractivity contribution < 1.29 is 13.5 Å². The number of phenols is 1. The summed E-state index contributed by atoms with van der Waals surface area (Å²) in [5.41, 5.74) is 0. The summed E-state index contributed by atoms with van der Waals surface area (Å²) in [6, 6.07) is 4.39. The Morgan fingerprint density at radius 2 is 1.38 bits per heavy atom. The first-order chi connectivity index (χ1) is 6.00. The molecule has 0 aromatic heterocycles. The second-order valence-electron chi connectivity index (χ2n) is 2.57. The van der Waals surface area contributed by atoms with E-state index in [9.17, 15) is 13.5 Å². The van der Waals surface area contributed by atoms with Crippen molar-refractivity contribution >= 4 is 21.6 Å². The first-order valence-electron chi connectivity index (χ1n) is 3.51. The van der Waals surface area contributed by atoms with Gasteiger partial charge < -0.3 is 5.11 Å². The highest BCUT2D eigenvalue weighted by atomic mass is 32.2. The molecule has 1 aromatic carbocycles. The lowest BCUT2D eigenvalue weighted by atomic mass is 10.3. The third kappa shape index (κ3) is 2.63. The number of benzene rings is 1. The van der Waals surface area contributed by atoms with E-state index < -0.39 is 21.6 Å². The summed E-state index contributed by atoms with van der Waals surface area (Å²) in [5.74, 6) is -0.00194. The van der Waals surface area contributed by atoms with Crippen LogP contribution in [0.2, 0.25) is 0 Å². The van der Waals surface area contributed by atoms with Gasteiger partial charge in [-0.1, -0.05) is 0 Å². The molecule has 2 atom stereocenters. The minimum absolute atomic E-state index is 0.00194. The summed E-state index contributed by atoms with van der Waals surface area (Å²) in [5, 5.41) is 9.22. The van der Waals surface area contributed by atoms with E-state index in [1.165, 1.54) is 24.6 Å². The second kappa shape index (κ2) is 4.02. The maximum Gasteiger partial charge on any atom is 0.117 e. The van der Waals surface area contributed by atoms with Gasteiger partial charge in [-0.05, 0) is 18.2 Å². The molecule has 0 spiro atoms. The standard InChI is InChI=1S/C8H10O3S2/c1-12(10)7-3-6(9)4-8(5-7)13(2)11/h3-5,9H,1-2H3. The van der Waals surface area contributed by atoms with Crippen LogP contribution in [0.15, 0.2) is 28.0 Å². The lowest BCUT2D eigenvalue weighted by molar-refractivity contribution is 0.471. The number of hydrogen-bond donors (Lipinski definition) is 1. The van der Waals surface area contributed by atoms with Crippen molar-refractivity contribution in [2.24, 2.45) is 0 Å². The fourth-order valence-electron chi connectivity index (χ4n) is 0.889. The smallest absolute Gasteiger partial charge is 0.117 e. The van der Waals surface area contributed by atoms with Gasteiger partial charge in [0.25, 0.3) is 0 Å². The van der Waals surface area contributed by atoms with Crippen molar-refractivity contribution in [1.29, 1.82) is 0 Å². The second-order valence-corrected chi connectivity index (χ2v) is 5.33. The van der Waals surface area contributed by atoms with Crippen LogP contribution in [0.1, 0.15) is 0 Å². The number of aromatic hydroxyl groups is 1. The SMILES string of the molecule is CS(=O)c1cc(O)cc(S(C)=O)c1. The Morgan fingerprint density at radius 3 is 1.69 bits per heavy atom. The Balaban J connectivity index is 3.26. The van der Waals surface area contributed by atoms with E-state index in [-0.39, 0.29) is 5.75 Å². The van der Waals surface area contributed by atoms with Crippen LogP contribution in [-0.4, -0.2) is 26.0 Å². The summed E-state index contributed by atoms with van der Waals surface area (Å²) < 4.78 is 22.1. The first-order valence-corrected chi connectivity index (χ1v) is 6.63. The molecular weight excluding hydrogens is 208 g/mol. The van der Waals surface area contributed by atoms with Crippen molar-refractivity contribution in [2.75, 3.05) is 12.5 Å². The lowest BCUT2D eigenvalue weighted by Gasteiger charge is -2.01. The molecule has 0 aliphatic rings. The van der Waals surface area contributed by atoms with Crippen LogP contribution in [0.25, 0.3) is 0 Å². The van der Waals surface area contributed by atoms with Crippen LogP contribution >= 0.6 is 0 Å². The summed E-state index contributed by atoms with van der Waals surface area (Å²) in [6.07, 6.45) is 3.02. The first kappa shape index (κ1) is 10.4. The molecule has 1 N–H and O–H groups in total. The minimum atomic E-state index is -1.16. The molecule has 0 aliphatic carbocycles. The van der Waals surface area contributed by atoms with Crippen molar-refractivity contribution in [3.63, 3.8) is 0 Å². The Bertz CT molecular complexity index is 341. The average molecular weight is 218 g/mol. The molecule has 0 saturated carbocycles. The van der Waals surface area contributed by atoms with Crippen LogP contribution < -0.4 is 0 Å². The zero-order valence-electron chi connectivity index (χ0n) is 7.31. The Kier molecular flexibility index (Phi) is 3.22. The predicted molar refractivity (Wildman–Crippen MR) is 52.8 cm³/mol. The highest BCUT2D eigenvalue weighted by molar-refractivity contribution is 7.85. The Morgan fingerprint density at radius 1 is 1.00 bits per heavy atom. The van der Waals surface area contributed by atoms with E-state index in [0.717, 1.165) is 0 Å². The fourth-order valence-corrected chi connectivity index (χ4v) is 2.12. The topological polar surface area (TPSA) is 54.4 Å². The summed E-state index contributed by atoms with van der Waals surface area (Å²) in [7, 11) is -2.32. The van der Waals surface area contributed by atoms with Gasteiger partial charge in [0.05, 0.1) is 0 Å². The minimum Gasteiger partial charge on any atom is -0.508 e. The molecule has 3 nitrogen and oxygen atoms in total. The van der Waals surface area contributed by atoms with Crippen LogP contribution in [0.3, 0.4) is 0 Å². The lowest BCUT2D eigenvalue weighted by Crippen LogP contribution is -1.92. The molecular formula is C8H10O3S2. The van der Waals surface area contributed by atoms with Gasteiger partial charge >= 0.3 is 0 Å². The molecule has 13 heavy (non-hydrogen) atoms. The van der Waals surface area contributed by atoms with Crippen molar-refractivity contribution in [1.82, 2.24) is 0 Å². The molecule has 0 radical (unpaired) electrons. The molecule has 1 aromatic rings. The third-order valence-corrected chi connectivity index (χ3v) is 3.33. The Labute approximate surface area is 81.7 Å². The molecule has 0 aliphatic heterocycles. The number of phenolic OH excluding ortho intramolecular Hbond substituents is 1. The van der Waals surface area contributed by atoms with Gasteiger partial charge in [0, 0.05) is 43.9 Å². The maximum atomic E-state index is 11.1. The monoisotopic (exact) mass is 218 g/mol. The maximum absolute atomic E-state index is 11.1. The zero-order chi connectivity index (χ0) is 10.0. The summed E-state index contributed by atoms with van der Waals surface area (Å²) in [6.45, 7) is 0. The van der Waals surface area contributed by atoms with E-state index in [1.54, 1.807) is 6.07 Å². The van der Waals surface area contributed by atoms with Crippen LogP contribution in [-0.2, 0) is 21.6 Å². The van der Waals surface area contributed by atoms with Gasteiger partial charge in [-0.2, -0.15) is 0 Å². The molecule has 0 heterocycles. The molecule has 0 bridgehead atoms. The number of rotatable bonds is 2. The van der Waals surface area contributed by atoms with Crippen molar-refractivity contribution in [3.8, 4) is 5.75 Å². The van der Waals surface area contributed by atoms with E-state index in [1.807, 2.05) is 0 Å². The van der Waals surface area contributed by atoms with E-state index >= 15 is 0 Å². The van der Waals surface area contributed by atoms with Crippen LogP contribution in [0.4, 0.5) is 0 Å². The van der Waals surface area contributed by atoms with Gasteiger partial charge in [-0.15, -0.1) is 0 Å². The molecule has 72 valence electrons. The van der Waals surface area contributed by atoms with Gasteiger partial charge in [0.1, 0.15) is 5.75 Å². The zero-order valence-corrected chi connectivity index (χ0v) is 8.95. The normalized spacial score (nSPS) is 15.2. The molecule has 2 unspecified atom stereocenters. The molecule has 0 amide bonds. The Hall–Kier alpha value is -0.680. The fraction of sp³-hybridized carbons (Fsp3) is 0.250. The van der Waals surface area contributed by atoms with E-state index in [0.29, 0.717) is 9.79 Å². The van der Waals surface area contributed by atoms with E-state index in [2.05, 4.69) is 0 Å². The quantitative estimate of drug-likeness (QED) is 0.801. The summed E-state index contributed by atoms with van der Waals surface area (Å²) >= 11 is 0. The van der Waals surface area contributed by atoms with Crippen LogP contribution in [0.5, 0.6) is 5.75 Å². The molecule has 0 fully saturated rings. The van der Waals surface area contributed by atoms with Crippen molar-refractivity contribution in [2.45, 2.75) is 9.79 Å². The van der Waals surface area contributed by atoms with Gasteiger partial charge in [-0.3, -0.25) is 8.42 Å². The average Bonchev–Trinajstić information content (AvgIpc) is 2.03. The summed E-state index contributed by atoms with van der Waals surface area (Å²) in [4.78, 5) is 0.982. The predicted octanol–water partition coefficient (Wildman–Crippen LogP) is 0.867. The molecule has 0 saturated heterocycles. The van der Waals surface area contributed by atoms with Crippen molar-refractivity contribution in [3.05, 3.63) is 18.2 Å². The van der Waals surface area contributed by atoms with Gasteiger partial charge in [-0.25, -0.2) is 0 Å². The number of hydrogen-bond acceptors (Lipinski definition) is 3. The van der Waals surface area contributed by atoms with Gasteiger partial charge in [0.15, 0.2) is 0 Å². The van der Waals surface area contributed by atoms with E-state index in [4.69, 9.17) is 0 Å². The highest BCUT2D eigenvalue weighted by Crippen LogP contribution is 2.19. The molecule has 1 rings (SSSR count). The van der Waals surface area contributed by atoms with Crippen LogP contribution in [0, 0.1) is 0 Å². The third-order valence-electron chi connectivity index (χ3n) is 1.53. The largest absolute Gasteiger partial charge is 0.508 e.